The second kappa shape index (κ2) is 5.95. The summed E-state index contributed by atoms with van der Waals surface area (Å²) in [6, 6.07) is 5.11. The fourth-order valence-corrected chi connectivity index (χ4v) is 4.85. The zero-order valence-electron chi connectivity index (χ0n) is 11.3. The Labute approximate surface area is 131 Å². The molecule has 2 aliphatic rings. The van der Waals surface area contributed by atoms with E-state index in [9.17, 15) is 4.39 Å². The zero-order valence-corrected chi connectivity index (χ0v) is 13.7. The molecule has 2 nitrogen and oxygen atoms in total. The lowest BCUT2D eigenvalue weighted by atomic mass is 9.79. The minimum absolute atomic E-state index is 0.0269. The van der Waals surface area contributed by atoms with Gasteiger partial charge in [-0.3, -0.25) is 0 Å². The minimum atomic E-state index is -0.240. The summed E-state index contributed by atoms with van der Waals surface area (Å²) in [6.07, 6.45) is 3.08. The molecule has 2 aliphatic heterocycles. The van der Waals surface area contributed by atoms with Gasteiger partial charge in [0, 0.05) is 18.4 Å². The number of ether oxygens (including phenoxy) is 1. The first-order valence-electron chi connectivity index (χ1n) is 7.02. The molecule has 110 valence electrons. The van der Waals surface area contributed by atoms with Crippen LogP contribution in [0.1, 0.15) is 30.9 Å². The molecule has 0 aliphatic carbocycles. The van der Waals surface area contributed by atoms with E-state index in [0.29, 0.717) is 10.4 Å². The van der Waals surface area contributed by atoms with E-state index in [-0.39, 0.29) is 17.5 Å². The van der Waals surface area contributed by atoms with Crippen LogP contribution in [0.15, 0.2) is 22.7 Å². The molecular weight excluding hydrogens is 341 g/mol. The van der Waals surface area contributed by atoms with Crippen molar-refractivity contribution in [3.8, 4) is 0 Å². The second-order valence-corrected chi connectivity index (χ2v) is 7.75. The van der Waals surface area contributed by atoms with Gasteiger partial charge in [-0.25, -0.2) is 4.39 Å². The van der Waals surface area contributed by atoms with Crippen LogP contribution in [0.5, 0.6) is 0 Å². The summed E-state index contributed by atoms with van der Waals surface area (Å²) in [7, 11) is 0. The summed E-state index contributed by atoms with van der Waals surface area (Å²) in [4.78, 5) is 0. The summed E-state index contributed by atoms with van der Waals surface area (Å²) in [6.45, 7) is 0.776. The van der Waals surface area contributed by atoms with Crippen LogP contribution >= 0.6 is 27.7 Å². The molecule has 3 atom stereocenters. The number of hydrogen-bond donors (Lipinski definition) is 1. The topological polar surface area (TPSA) is 35.2 Å². The minimum Gasteiger partial charge on any atom is -0.374 e. The van der Waals surface area contributed by atoms with Crippen LogP contribution in [-0.4, -0.2) is 23.7 Å². The number of thioether (sulfide) groups is 1. The Morgan fingerprint density at radius 1 is 1.50 bits per heavy atom. The Bertz CT molecular complexity index is 493. The predicted molar refractivity (Wildman–Crippen MR) is 84.4 cm³/mol. The monoisotopic (exact) mass is 359 g/mol. The molecule has 0 aromatic heterocycles. The van der Waals surface area contributed by atoms with Gasteiger partial charge in [0.15, 0.2) is 0 Å². The van der Waals surface area contributed by atoms with Crippen LogP contribution in [-0.2, 0) is 4.74 Å². The normalized spacial score (nSPS) is 31.6. The molecule has 20 heavy (non-hydrogen) atoms. The molecule has 2 N–H and O–H groups in total. The smallest absolute Gasteiger partial charge is 0.137 e. The molecule has 3 rings (SSSR count). The van der Waals surface area contributed by atoms with Crippen molar-refractivity contribution in [2.75, 3.05) is 18.1 Å². The maximum Gasteiger partial charge on any atom is 0.137 e. The standard InChI is InChI=1S/C15H19BrFNOS/c16-12-2-1-10(7-13(12)17)14(18)11-3-5-19-15(8-11)4-6-20-9-15/h1-2,7,11,14H,3-6,8-9,18H2. The number of hydrogen-bond acceptors (Lipinski definition) is 3. The van der Waals surface area contributed by atoms with E-state index in [1.165, 1.54) is 5.75 Å². The second-order valence-electron chi connectivity index (χ2n) is 5.79. The predicted octanol–water partition coefficient (Wildman–Crippen LogP) is 3.89. The first kappa shape index (κ1) is 14.8. The molecule has 3 unspecified atom stereocenters. The third kappa shape index (κ3) is 2.91. The third-order valence-electron chi connectivity index (χ3n) is 4.43. The highest BCUT2D eigenvalue weighted by Gasteiger charge is 2.42. The van der Waals surface area contributed by atoms with Gasteiger partial charge in [-0.15, -0.1) is 0 Å². The number of halogens is 2. The van der Waals surface area contributed by atoms with Crippen molar-refractivity contribution < 1.29 is 9.13 Å². The van der Waals surface area contributed by atoms with Crippen LogP contribution in [0.25, 0.3) is 0 Å². The van der Waals surface area contributed by atoms with Gasteiger partial charge in [0.2, 0.25) is 0 Å². The fourth-order valence-electron chi connectivity index (χ4n) is 3.23. The summed E-state index contributed by atoms with van der Waals surface area (Å²) in [5, 5.41) is 0. The van der Waals surface area contributed by atoms with E-state index in [1.54, 1.807) is 12.1 Å². The molecule has 0 amide bonds. The van der Waals surface area contributed by atoms with E-state index >= 15 is 0 Å². The van der Waals surface area contributed by atoms with Crippen molar-refractivity contribution in [3.05, 3.63) is 34.1 Å². The lowest BCUT2D eigenvalue weighted by Gasteiger charge is -2.40. The highest BCUT2D eigenvalue weighted by Crippen LogP contribution is 2.43. The maximum absolute atomic E-state index is 13.7. The summed E-state index contributed by atoms with van der Waals surface area (Å²) in [5.41, 5.74) is 7.31. The van der Waals surface area contributed by atoms with E-state index in [2.05, 4.69) is 15.9 Å². The van der Waals surface area contributed by atoms with Crippen LogP contribution < -0.4 is 5.73 Å². The average Bonchev–Trinajstić information content (AvgIpc) is 2.89. The Balaban J connectivity index is 1.75. The van der Waals surface area contributed by atoms with Crippen molar-refractivity contribution in [1.82, 2.24) is 0 Å². The van der Waals surface area contributed by atoms with Gasteiger partial charge in [0.05, 0.1) is 10.1 Å². The number of rotatable bonds is 2. The lowest BCUT2D eigenvalue weighted by Crippen LogP contribution is -2.42. The Hall–Kier alpha value is -0.100. The van der Waals surface area contributed by atoms with E-state index in [0.717, 1.165) is 37.2 Å². The van der Waals surface area contributed by atoms with Crippen LogP contribution in [0.2, 0.25) is 0 Å². The molecule has 5 heteroatoms. The van der Waals surface area contributed by atoms with Gasteiger partial charge in [0.1, 0.15) is 5.82 Å². The van der Waals surface area contributed by atoms with E-state index < -0.39 is 0 Å². The van der Waals surface area contributed by atoms with Gasteiger partial charge >= 0.3 is 0 Å². The molecular formula is C15H19BrFNOS. The lowest BCUT2D eigenvalue weighted by molar-refractivity contribution is -0.0834. The van der Waals surface area contributed by atoms with Gasteiger partial charge in [-0.2, -0.15) is 11.8 Å². The van der Waals surface area contributed by atoms with E-state index in [1.807, 2.05) is 17.8 Å². The fraction of sp³-hybridized carbons (Fsp3) is 0.600. The SMILES string of the molecule is NC(c1ccc(Br)c(F)c1)C1CCOC2(CCSC2)C1. The zero-order chi connectivity index (χ0) is 14.2. The van der Waals surface area contributed by atoms with Gasteiger partial charge in [0.25, 0.3) is 0 Å². The van der Waals surface area contributed by atoms with Gasteiger partial charge in [-0.05, 0) is 64.6 Å². The quantitative estimate of drug-likeness (QED) is 0.869. The largest absolute Gasteiger partial charge is 0.374 e. The number of benzene rings is 1. The summed E-state index contributed by atoms with van der Waals surface area (Å²) < 4.78 is 20.2. The Morgan fingerprint density at radius 3 is 3.05 bits per heavy atom. The summed E-state index contributed by atoms with van der Waals surface area (Å²) >= 11 is 5.15. The molecule has 0 saturated carbocycles. The van der Waals surface area contributed by atoms with Crippen molar-refractivity contribution >= 4 is 27.7 Å². The summed E-state index contributed by atoms with van der Waals surface area (Å²) in [5.74, 6) is 2.39. The molecule has 2 saturated heterocycles. The average molecular weight is 360 g/mol. The number of nitrogens with two attached hydrogens (primary N) is 1. The van der Waals surface area contributed by atoms with Gasteiger partial charge < -0.3 is 10.5 Å². The first-order chi connectivity index (χ1) is 9.60. The molecule has 1 aromatic rings. The Kier molecular flexibility index (Phi) is 4.41. The molecule has 0 radical (unpaired) electrons. The first-order valence-corrected chi connectivity index (χ1v) is 8.97. The van der Waals surface area contributed by atoms with Crippen LogP contribution in [0.4, 0.5) is 4.39 Å². The molecule has 1 aromatic carbocycles. The highest BCUT2D eigenvalue weighted by molar-refractivity contribution is 9.10. The molecule has 2 fully saturated rings. The van der Waals surface area contributed by atoms with Crippen LogP contribution in [0, 0.1) is 11.7 Å². The highest BCUT2D eigenvalue weighted by atomic mass is 79.9. The van der Waals surface area contributed by atoms with Crippen molar-refractivity contribution in [1.29, 1.82) is 0 Å². The Morgan fingerprint density at radius 2 is 2.35 bits per heavy atom. The van der Waals surface area contributed by atoms with E-state index in [4.69, 9.17) is 10.5 Å². The van der Waals surface area contributed by atoms with Crippen molar-refractivity contribution in [3.63, 3.8) is 0 Å². The molecule has 0 bridgehead atoms. The maximum atomic E-state index is 13.7. The van der Waals surface area contributed by atoms with Crippen LogP contribution in [0.3, 0.4) is 0 Å². The van der Waals surface area contributed by atoms with Crippen molar-refractivity contribution in [2.45, 2.75) is 30.9 Å². The molecule has 1 spiro atoms. The van der Waals surface area contributed by atoms with Gasteiger partial charge in [-0.1, -0.05) is 6.07 Å². The third-order valence-corrected chi connectivity index (χ3v) is 6.30. The van der Waals surface area contributed by atoms with Crippen molar-refractivity contribution in [2.24, 2.45) is 11.7 Å². The molecule has 2 heterocycles.